The normalized spacial score (nSPS) is 10.6. The Bertz CT molecular complexity index is 531. The summed E-state index contributed by atoms with van der Waals surface area (Å²) in [6.45, 7) is 3.09. The zero-order chi connectivity index (χ0) is 13.1. The molecule has 0 aliphatic carbocycles. The number of aromatic nitrogens is 1. The van der Waals surface area contributed by atoms with Crippen LogP contribution in [0.4, 0.5) is 0 Å². The van der Waals surface area contributed by atoms with E-state index in [9.17, 15) is 4.79 Å². The van der Waals surface area contributed by atoms with Crippen LogP contribution in [0.2, 0.25) is 0 Å². The van der Waals surface area contributed by atoms with Gasteiger partial charge < -0.3 is 13.9 Å². The van der Waals surface area contributed by atoms with Crippen LogP contribution in [0.3, 0.4) is 0 Å². The molecule has 18 heavy (non-hydrogen) atoms. The highest BCUT2D eigenvalue weighted by molar-refractivity contribution is 9.10. The van der Waals surface area contributed by atoms with Crippen molar-refractivity contribution in [3.05, 3.63) is 46.6 Å². The van der Waals surface area contributed by atoms with E-state index >= 15 is 0 Å². The highest BCUT2D eigenvalue weighted by atomic mass is 79.9. The third kappa shape index (κ3) is 2.67. The second-order valence-corrected chi connectivity index (χ2v) is 4.97. The SMILES string of the molecule is CCN(Cc1ccco1)C(=O)c1cc(Br)cn1C. The summed E-state index contributed by atoms with van der Waals surface area (Å²) >= 11 is 3.37. The lowest BCUT2D eigenvalue weighted by Gasteiger charge is -2.19. The molecule has 0 aromatic carbocycles. The van der Waals surface area contributed by atoms with Crippen LogP contribution in [0, 0.1) is 0 Å². The Labute approximate surface area is 114 Å². The van der Waals surface area contributed by atoms with Crippen LogP contribution in [0.25, 0.3) is 0 Å². The van der Waals surface area contributed by atoms with Gasteiger partial charge in [0.1, 0.15) is 11.5 Å². The zero-order valence-corrected chi connectivity index (χ0v) is 12.0. The molecule has 0 saturated carbocycles. The molecule has 0 spiro atoms. The molecule has 96 valence electrons. The Hall–Kier alpha value is -1.49. The van der Waals surface area contributed by atoms with Crippen LogP contribution >= 0.6 is 15.9 Å². The van der Waals surface area contributed by atoms with E-state index in [0.29, 0.717) is 18.8 Å². The molecule has 2 aromatic heterocycles. The fourth-order valence-electron chi connectivity index (χ4n) is 1.82. The number of furan rings is 1. The summed E-state index contributed by atoms with van der Waals surface area (Å²) in [6.07, 6.45) is 3.49. The van der Waals surface area contributed by atoms with Crippen molar-refractivity contribution >= 4 is 21.8 Å². The topological polar surface area (TPSA) is 38.4 Å². The largest absolute Gasteiger partial charge is 0.467 e. The maximum atomic E-state index is 12.4. The number of amides is 1. The Kier molecular flexibility index (Phi) is 3.91. The summed E-state index contributed by atoms with van der Waals surface area (Å²) in [5.41, 5.74) is 0.662. The molecule has 0 N–H and O–H groups in total. The van der Waals surface area contributed by atoms with Gasteiger partial charge in [0.25, 0.3) is 5.91 Å². The van der Waals surface area contributed by atoms with E-state index in [-0.39, 0.29) is 5.91 Å². The van der Waals surface area contributed by atoms with Gasteiger partial charge in [-0.2, -0.15) is 0 Å². The molecule has 2 heterocycles. The van der Waals surface area contributed by atoms with Crippen molar-refractivity contribution in [2.75, 3.05) is 6.54 Å². The van der Waals surface area contributed by atoms with E-state index < -0.39 is 0 Å². The Balaban J connectivity index is 2.17. The molecule has 5 heteroatoms. The fourth-order valence-corrected chi connectivity index (χ4v) is 2.34. The van der Waals surface area contributed by atoms with Crippen LogP contribution in [0.5, 0.6) is 0 Å². The first-order chi connectivity index (χ1) is 8.61. The molecule has 0 fully saturated rings. The average molecular weight is 311 g/mol. The van der Waals surface area contributed by atoms with Gasteiger partial charge in [0, 0.05) is 24.3 Å². The highest BCUT2D eigenvalue weighted by Crippen LogP contribution is 2.16. The number of hydrogen-bond acceptors (Lipinski definition) is 2. The number of halogens is 1. The minimum absolute atomic E-state index is 0.00194. The van der Waals surface area contributed by atoms with Gasteiger partial charge in [-0.3, -0.25) is 4.79 Å². The minimum Gasteiger partial charge on any atom is -0.467 e. The van der Waals surface area contributed by atoms with Gasteiger partial charge in [-0.25, -0.2) is 0 Å². The van der Waals surface area contributed by atoms with Gasteiger partial charge in [0.2, 0.25) is 0 Å². The van der Waals surface area contributed by atoms with Crippen molar-refractivity contribution in [3.63, 3.8) is 0 Å². The predicted octanol–water partition coefficient (Wildman–Crippen LogP) is 3.04. The number of aryl methyl sites for hydroxylation is 1. The lowest BCUT2D eigenvalue weighted by molar-refractivity contribution is 0.0731. The van der Waals surface area contributed by atoms with Crippen LogP contribution in [-0.4, -0.2) is 21.9 Å². The van der Waals surface area contributed by atoms with Crippen molar-refractivity contribution in [1.82, 2.24) is 9.47 Å². The monoisotopic (exact) mass is 310 g/mol. The van der Waals surface area contributed by atoms with E-state index in [4.69, 9.17) is 4.42 Å². The van der Waals surface area contributed by atoms with Crippen molar-refractivity contribution in [2.45, 2.75) is 13.5 Å². The van der Waals surface area contributed by atoms with Crippen molar-refractivity contribution in [3.8, 4) is 0 Å². The number of carbonyl (C=O) groups excluding carboxylic acids is 1. The van der Waals surface area contributed by atoms with Crippen molar-refractivity contribution in [1.29, 1.82) is 0 Å². The summed E-state index contributed by atoms with van der Waals surface area (Å²) < 4.78 is 8.00. The molecule has 0 saturated heterocycles. The summed E-state index contributed by atoms with van der Waals surface area (Å²) in [6, 6.07) is 5.52. The first-order valence-electron chi connectivity index (χ1n) is 5.75. The molecule has 0 unspecified atom stereocenters. The highest BCUT2D eigenvalue weighted by Gasteiger charge is 2.18. The van der Waals surface area contributed by atoms with Gasteiger partial charge in [-0.05, 0) is 41.1 Å². The number of rotatable bonds is 4. The van der Waals surface area contributed by atoms with E-state index in [1.54, 1.807) is 11.2 Å². The molecule has 1 amide bonds. The summed E-state index contributed by atoms with van der Waals surface area (Å²) in [5, 5.41) is 0. The molecular weight excluding hydrogens is 296 g/mol. The van der Waals surface area contributed by atoms with E-state index in [1.165, 1.54) is 0 Å². The third-order valence-corrected chi connectivity index (χ3v) is 3.22. The van der Waals surface area contributed by atoms with Gasteiger partial charge in [0.15, 0.2) is 0 Å². The quantitative estimate of drug-likeness (QED) is 0.870. The molecule has 2 rings (SSSR count). The molecule has 0 atom stereocenters. The molecule has 4 nitrogen and oxygen atoms in total. The summed E-state index contributed by atoms with van der Waals surface area (Å²) in [7, 11) is 1.86. The molecule has 0 aliphatic heterocycles. The zero-order valence-electron chi connectivity index (χ0n) is 10.4. The fraction of sp³-hybridized carbons (Fsp3) is 0.308. The van der Waals surface area contributed by atoms with Crippen molar-refractivity contribution < 1.29 is 9.21 Å². The standard InChI is InChI=1S/C13H15BrN2O2/c1-3-16(9-11-5-4-6-18-11)13(17)12-7-10(14)8-15(12)2/h4-8H,3,9H2,1-2H3. The van der Waals surface area contributed by atoms with Crippen molar-refractivity contribution in [2.24, 2.45) is 7.05 Å². The van der Waals surface area contributed by atoms with Gasteiger partial charge in [-0.15, -0.1) is 0 Å². The van der Waals surface area contributed by atoms with Crippen LogP contribution < -0.4 is 0 Å². The van der Waals surface area contributed by atoms with E-state index in [1.807, 2.05) is 42.9 Å². The lowest BCUT2D eigenvalue weighted by atomic mass is 10.3. The first kappa shape index (κ1) is 13.0. The lowest BCUT2D eigenvalue weighted by Crippen LogP contribution is -2.31. The Morgan fingerprint density at radius 1 is 1.56 bits per heavy atom. The van der Waals surface area contributed by atoms with Gasteiger partial charge in [0.05, 0.1) is 12.8 Å². The average Bonchev–Trinajstić information content (AvgIpc) is 2.95. The molecule has 0 radical (unpaired) electrons. The first-order valence-corrected chi connectivity index (χ1v) is 6.54. The number of carbonyl (C=O) groups is 1. The third-order valence-electron chi connectivity index (χ3n) is 2.79. The van der Waals surface area contributed by atoms with E-state index in [2.05, 4.69) is 15.9 Å². The molecule has 0 aliphatic rings. The Morgan fingerprint density at radius 2 is 2.33 bits per heavy atom. The van der Waals surface area contributed by atoms with Crippen LogP contribution in [0.1, 0.15) is 23.2 Å². The molecule has 0 bridgehead atoms. The van der Waals surface area contributed by atoms with Crippen LogP contribution in [0.15, 0.2) is 39.5 Å². The smallest absolute Gasteiger partial charge is 0.270 e. The van der Waals surface area contributed by atoms with E-state index in [0.717, 1.165) is 10.2 Å². The maximum Gasteiger partial charge on any atom is 0.270 e. The Morgan fingerprint density at radius 3 is 2.83 bits per heavy atom. The van der Waals surface area contributed by atoms with Gasteiger partial charge >= 0.3 is 0 Å². The molecular formula is C13H15BrN2O2. The molecule has 2 aromatic rings. The predicted molar refractivity (Wildman–Crippen MR) is 72.2 cm³/mol. The number of nitrogens with zero attached hydrogens (tertiary/aromatic N) is 2. The second-order valence-electron chi connectivity index (χ2n) is 4.05. The van der Waals surface area contributed by atoms with Gasteiger partial charge in [-0.1, -0.05) is 0 Å². The number of hydrogen-bond donors (Lipinski definition) is 0. The maximum absolute atomic E-state index is 12.4. The second kappa shape index (κ2) is 5.44. The summed E-state index contributed by atoms with van der Waals surface area (Å²) in [4.78, 5) is 14.1. The minimum atomic E-state index is 0.00194. The van der Waals surface area contributed by atoms with Crippen LogP contribution in [-0.2, 0) is 13.6 Å². The summed E-state index contributed by atoms with van der Waals surface area (Å²) in [5.74, 6) is 0.792.